The number of anilines is 1. The summed E-state index contributed by atoms with van der Waals surface area (Å²) in [5, 5.41) is 10.2. The zero-order chi connectivity index (χ0) is 28.9. The molecule has 1 fully saturated rings. The second-order valence-corrected chi connectivity index (χ2v) is 11.4. The number of aromatic amines is 1. The number of hydrogen-bond acceptors (Lipinski definition) is 5. The lowest BCUT2D eigenvalue weighted by molar-refractivity contribution is -0.119. The molecule has 1 aliphatic carbocycles. The number of H-pyrrole nitrogens is 1. The number of rotatable bonds is 7. The summed E-state index contributed by atoms with van der Waals surface area (Å²) in [6, 6.07) is 8.58. The number of ether oxygens (including phenoxy) is 1. The Bertz CT molecular complexity index is 1600. The maximum Gasteiger partial charge on any atom is 0.270 e. The average Bonchev–Trinajstić information content (AvgIpc) is 3.36. The number of halogens is 1. The van der Waals surface area contributed by atoms with Crippen LogP contribution >= 0.6 is 0 Å². The fraction of sp³-hybridized carbons (Fsp3) is 0.355. The van der Waals surface area contributed by atoms with E-state index < -0.39 is 29.6 Å². The first-order valence-electron chi connectivity index (χ1n) is 13.9. The second-order valence-electron chi connectivity index (χ2n) is 11.4. The molecule has 0 saturated heterocycles. The third-order valence-electron chi connectivity index (χ3n) is 8.23. The van der Waals surface area contributed by atoms with E-state index in [-0.39, 0.29) is 11.5 Å². The summed E-state index contributed by atoms with van der Waals surface area (Å²) in [6.07, 6.45) is 6.72. The molecule has 212 valence electrons. The Balaban J connectivity index is 1.34. The number of nitrogens with one attached hydrogen (secondary N) is 3. The Morgan fingerprint density at radius 2 is 1.98 bits per heavy atom. The monoisotopic (exact) mass is 556 g/mol. The van der Waals surface area contributed by atoms with Gasteiger partial charge in [0.2, 0.25) is 5.91 Å². The Hall–Kier alpha value is -4.47. The summed E-state index contributed by atoms with van der Waals surface area (Å²) in [7, 11) is 0. The van der Waals surface area contributed by atoms with Gasteiger partial charge in [0.15, 0.2) is 0 Å². The third kappa shape index (κ3) is 4.87. The van der Waals surface area contributed by atoms with Crippen LogP contribution in [0.4, 0.5) is 10.1 Å². The van der Waals surface area contributed by atoms with E-state index in [1.54, 1.807) is 35.3 Å². The molecule has 1 aliphatic heterocycles. The predicted octanol–water partition coefficient (Wildman–Crippen LogP) is 5.30. The highest BCUT2D eigenvalue weighted by Gasteiger charge is 2.58. The number of pyridine rings is 1. The van der Waals surface area contributed by atoms with Crippen LogP contribution in [0.25, 0.3) is 11.3 Å². The van der Waals surface area contributed by atoms with Gasteiger partial charge in [-0.3, -0.25) is 19.3 Å². The van der Waals surface area contributed by atoms with E-state index in [1.807, 2.05) is 40.0 Å². The molecule has 2 aliphatic rings. The van der Waals surface area contributed by atoms with Gasteiger partial charge in [0, 0.05) is 46.6 Å². The molecule has 4 heterocycles. The summed E-state index contributed by atoms with van der Waals surface area (Å²) in [4.78, 5) is 35.5. The maximum absolute atomic E-state index is 14.5. The molecule has 4 aromatic rings. The molecule has 1 unspecified atom stereocenters. The van der Waals surface area contributed by atoms with Gasteiger partial charge in [-0.15, -0.1) is 0 Å². The fourth-order valence-electron chi connectivity index (χ4n) is 5.99. The average molecular weight is 557 g/mol. The van der Waals surface area contributed by atoms with Gasteiger partial charge in [0.25, 0.3) is 5.91 Å². The number of carbonyl (C=O) groups is 2. The van der Waals surface area contributed by atoms with Crippen molar-refractivity contribution < 1.29 is 18.7 Å². The fourth-order valence-corrected chi connectivity index (χ4v) is 5.99. The van der Waals surface area contributed by atoms with E-state index in [4.69, 9.17) is 4.74 Å². The lowest BCUT2D eigenvalue weighted by Gasteiger charge is -2.38. The van der Waals surface area contributed by atoms with E-state index in [0.29, 0.717) is 29.3 Å². The first-order valence-corrected chi connectivity index (χ1v) is 13.9. The van der Waals surface area contributed by atoms with Crippen LogP contribution in [0.2, 0.25) is 0 Å². The molecule has 2 amide bonds. The molecule has 3 aromatic heterocycles. The highest BCUT2D eigenvalue weighted by atomic mass is 19.1. The molecule has 2 atom stereocenters. The van der Waals surface area contributed by atoms with Crippen molar-refractivity contribution in [3.05, 3.63) is 83.3 Å². The van der Waals surface area contributed by atoms with Crippen LogP contribution in [0.15, 0.2) is 55.0 Å². The standard InChI is InChI=1S/C31H33FN6O3/c1-17(2)38-24(9-12-35-38)29(39)37-28(27-22-13-20(32)5-8-25(22)41-16-31(27)10-11-31)30(40)36-21-6-7-23(34-15-21)26-18(3)14-33-19(26)4/h5-9,12-15,17,27-28,33H,10-11,16H2,1-4H3,(H,36,40)(H,37,39)/t27?,28-/m0/s1. The van der Waals surface area contributed by atoms with E-state index in [9.17, 15) is 14.0 Å². The van der Waals surface area contributed by atoms with E-state index in [0.717, 1.165) is 35.4 Å². The van der Waals surface area contributed by atoms with Gasteiger partial charge < -0.3 is 20.4 Å². The Labute approximate surface area is 237 Å². The number of fused-ring (bicyclic) bond motifs is 1. The van der Waals surface area contributed by atoms with Crippen molar-refractivity contribution in [3.8, 4) is 17.0 Å². The number of benzene rings is 1. The maximum atomic E-state index is 14.5. The molecule has 6 rings (SSSR count). The second kappa shape index (κ2) is 10.2. The van der Waals surface area contributed by atoms with Gasteiger partial charge in [-0.1, -0.05) is 0 Å². The third-order valence-corrected chi connectivity index (χ3v) is 8.23. The van der Waals surface area contributed by atoms with E-state index in [2.05, 4.69) is 25.7 Å². The van der Waals surface area contributed by atoms with Gasteiger partial charge in [-0.2, -0.15) is 5.10 Å². The number of carbonyl (C=O) groups excluding carboxylic acids is 2. The Kier molecular flexibility index (Phi) is 6.63. The Morgan fingerprint density at radius 3 is 2.63 bits per heavy atom. The van der Waals surface area contributed by atoms with Crippen molar-refractivity contribution in [3.63, 3.8) is 0 Å². The molecule has 9 nitrogen and oxygen atoms in total. The summed E-state index contributed by atoms with van der Waals surface area (Å²) in [5.41, 5.74) is 4.94. The van der Waals surface area contributed by atoms with Gasteiger partial charge >= 0.3 is 0 Å². The summed E-state index contributed by atoms with van der Waals surface area (Å²) >= 11 is 0. The number of hydrogen-bond donors (Lipinski definition) is 3. The van der Waals surface area contributed by atoms with Crippen molar-refractivity contribution in [2.45, 2.75) is 58.5 Å². The van der Waals surface area contributed by atoms with Crippen molar-refractivity contribution in [2.75, 3.05) is 11.9 Å². The van der Waals surface area contributed by atoms with Crippen molar-refractivity contribution in [2.24, 2.45) is 5.41 Å². The zero-order valence-electron chi connectivity index (χ0n) is 23.5. The molecular formula is C31H33FN6O3. The van der Waals surface area contributed by atoms with Gasteiger partial charge in [0.05, 0.1) is 24.2 Å². The van der Waals surface area contributed by atoms with Crippen LogP contribution in [0.5, 0.6) is 5.75 Å². The van der Waals surface area contributed by atoms with Crippen molar-refractivity contribution in [1.82, 2.24) is 25.1 Å². The van der Waals surface area contributed by atoms with Crippen LogP contribution in [0.1, 0.15) is 66.0 Å². The molecule has 1 saturated carbocycles. The number of amides is 2. The largest absolute Gasteiger partial charge is 0.493 e. The predicted molar refractivity (Wildman–Crippen MR) is 152 cm³/mol. The molecule has 0 radical (unpaired) electrons. The minimum absolute atomic E-state index is 0.0532. The van der Waals surface area contributed by atoms with Crippen LogP contribution in [0, 0.1) is 25.1 Å². The molecule has 0 bridgehead atoms. The summed E-state index contributed by atoms with van der Waals surface area (Å²) < 4.78 is 22.1. The zero-order valence-corrected chi connectivity index (χ0v) is 23.5. The minimum atomic E-state index is -1.00. The number of aryl methyl sites for hydroxylation is 2. The van der Waals surface area contributed by atoms with Crippen LogP contribution in [-0.2, 0) is 4.79 Å². The van der Waals surface area contributed by atoms with Gasteiger partial charge in [0.1, 0.15) is 23.3 Å². The molecule has 3 N–H and O–H groups in total. The molecule has 10 heteroatoms. The van der Waals surface area contributed by atoms with E-state index in [1.165, 1.54) is 12.1 Å². The smallest absolute Gasteiger partial charge is 0.270 e. The van der Waals surface area contributed by atoms with Crippen LogP contribution in [-0.4, -0.2) is 44.2 Å². The van der Waals surface area contributed by atoms with E-state index >= 15 is 0 Å². The lowest BCUT2D eigenvalue weighted by Crippen LogP contribution is -2.52. The van der Waals surface area contributed by atoms with Crippen molar-refractivity contribution >= 4 is 17.5 Å². The Morgan fingerprint density at radius 1 is 1.17 bits per heavy atom. The number of aromatic nitrogens is 4. The highest BCUT2D eigenvalue weighted by Crippen LogP contribution is 2.61. The normalized spacial score (nSPS) is 17.6. The first-order chi connectivity index (χ1) is 19.7. The topological polar surface area (TPSA) is 114 Å². The number of nitrogens with zero attached hydrogens (tertiary/aromatic N) is 3. The van der Waals surface area contributed by atoms with Crippen molar-refractivity contribution in [1.29, 1.82) is 0 Å². The quantitative estimate of drug-likeness (QED) is 0.286. The SMILES string of the molecule is Cc1c[nH]c(C)c1-c1ccc(NC(=O)[C@@H](NC(=O)c2ccnn2C(C)C)C2c3cc(F)ccc3OCC23CC3)cn1. The van der Waals surface area contributed by atoms with Crippen LogP contribution < -0.4 is 15.4 Å². The summed E-state index contributed by atoms with van der Waals surface area (Å²) in [6.45, 7) is 8.25. The highest BCUT2D eigenvalue weighted by molar-refractivity contribution is 6.01. The van der Waals surface area contributed by atoms with Gasteiger partial charge in [-0.25, -0.2) is 4.39 Å². The van der Waals surface area contributed by atoms with Crippen LogP contribution in [0.3, 0.4) is 0 Å². The minimum Gasteiger partial charge on any atom is -0.493 e. The molecule has 1 spiro atoms. The molecule has 1 aromatic carbocycles. The lowest BCUT2D eigenvalue weighted by atomic mass is 9.75. The molecule has 41 heavy (non-hydrogen) atoms. The first kappa shape index (κ1) is 26.7. The van der Waals surface area contributed by atoms with Gasteiger partial charge in [-0.05, 0) is 82.5 Å². The summed E-state index contributed by atoms with van der Waals surface area (Å²) in [5.74, 6) is -1.22. The molecular weight excluding hydrogens is 523 g/mol.